The Morgan fingerprint density at radius 3 is 1.75 bits per heavy atom. The Kier molecular flexibility index (Phi) is 3.41. The van der Waals surface area contributed by atoms with Gasteiger partial charge in [-0.15, -0.1) is 11.3 Å². The molecule has 0 saturated carbocycles. The Balaban J connectivity index is 2.02. The van der Waals surface area contributed by atoms with Gasteiger partial charge in [0.15, 0.2) is 0 Å². The minimum absolute atomic E-state index is 1.10. The van der Waals surface area contributed by atoms with E-state index in [1.165, 1.54) is 27.1 Å². The van der Waals surface area contributed by atoms with Crippen LogP contribution in [-0.2, 0) is 0 Å². The van der Waals surface area contributed by atoms with Crippen LogP contribution in [0.3, 0.4) is 0 Å². The number of hydrogen-bond donors (Lipinski definition) is 0. The Bertz CT molecular complexity index is 721. The average Bonchev–Trinajstić information content (AvgIpc) is 2.82. The molecule has 1 nitrogen and oxygen atoms in total. The molecule has 0 aliphatic heterocycles. The third kappa shape index (κ3) is 2.52. The molecule has 0 atom stereocenters. The molecule has 0 spiro atoms. The Morgan fingerprint density at radius 1 is 0.700 bits per heavy atom. The van der Waals surface area contributed by atoms with Gasteiger partial charge in [-0.1, -0.05) is 59.7 Å². The van der Waals surface area contributed by atoms with E-state index in [1.54, 1.807) is 11.3 Å². The molecule has 0 N–H and O–H groups in total. The molecule has 3 aromatic rings. The summed E-state index contributed by atoms with van der Waals surface area (Å²) < 4.78 is 0. The maximum Gasteiger partial charge on any atom is 0.124 e. The van der Waals surface area contributed by atoms with E-state index in [0.29, 0.717) is 0 Å². The minimum atomic E-state index is 1.10. The normalized spacial score (nSPS) is 10.8. The zero-order valence-electron chi connectivity index (χ0n) is 12.0. The van der Waals surface area contributed by atoms with E-state index in [2.05, 4.69) is 69.3 Å². The van der Waals surface area contributed by atoms with Crippen molar-refractivity contribution in [2.24, 2.45) is 0 Å². The van der Waals surface area contributed by atoms with E-state index < -0.39 is 0 Å². The van der Waals surface area contributed by atoms with Crippen molar-refractivity contribution < 1.29 is 0 Å². The Labute approximate surface area is 124 Å². The van der Waals surface area contributed by atoms with Crippen molar-refractivity contribution in [1.29, 1.82) is 0 Å². The fourth-order valence-electron chi connectivity index (χ4n) is 2.20. The first kappa shape index (κ1) is 13.1. The van der Waals surface area contributed by atoms with Crippen LogP contribution in [0.15, 0.2) is 48.5 Å². The second kappa shape index (κ2) is 5.22. The summed E-state index contributed by atoms with van der Waals surface area (Å²) in [4.78, 5) is 6.10. The molecule has 0 aliphatic rings. The highest BCUT2D eigenvalue weighted by Crippen LogP contribution is 2.33. The van der Waals surface area contributed by atoms with Gasteiger partial charge in [0.1, 0.15) is 5.01 Å². The largest absolute Gasteiger partial charge is 0.236 e. The first-order chi connectivity index (χ1) is 9.63. The van der Waals surface area contributed by atoms with Crippen LogP contribution in [0.2, 0.25) is 0 Å². The summed E-state index contributed by atoms with van der Waals surface area (Å²) >= 11 is 1.76. The molecular weight excluding hydrogens is 262 g/mol. The predicted octanol–water partition coefficient (Wildman–Crippen LogP) is 5.40. The van der Waals surface area contributed by atoms with Gasteiger partial charge in [-0.3, -0.25) is 0 Å². The van der Waals surface area contributed by atoms with Gasteiger partial charge in [0.25, 0.3) is 0 Å². The summed E-state index contributed by atoms with van der Waals surface area (Å²) in [5.41, 5.74) is 6.05. The van der Waals surface area contributed by atoms with Gasteiger partial charge in [0.2, 0.25) is 0 Å². The molecule has 1 heterocycles. The first-order valence-electron chi connectivity index (χ1n) is 6.75. The van der Waals surface area contributed by atoms with Crippen LogP contribution in [0.4, 0.5) is 0 Å². The van der Waals surface area contributed by atoms with Gasteiger partial charge in [0, 0.05) is 16.0 Å². The molecule has 2 aromatic carbocycles. The lowest BCUT2D eigenvalue weighted by Crippen LogP contribution is -1.82. The van der Waals surface area contributed by atoms with Gasteiger partial charge in [-0.25, -0.2) is 4.98 Å². The molecule has 3 rings (SSSR count). The van der Waals surface area contributed by atoms with Crippen molar-refractivity contribution in [3.8, 4) is 21.8 Å². The molecule has 0 radical (unpaired) electrons. The maximum absolute atomic E-state index is 4.83. The lowest BCUT2D eigenvalue weighted by atomic mass is 10.1. The van der Waals surface area contributed by atoms with Gasteiger partial charge in [0.05, 0.1) is 5.69 Å². The van der Waals surface area contributed by atoms with Crippen LogP contribution < -0.4 is 0 Å². The van der Waals surface area contributed by atoms with E-state index in [4.69, 9.17) is 4.98 Å². The van der Waals surface area contributed by atoms with Crippen LogP contribution in [-0.4, -0.2) is 4.98 Å². The minimum Gasteiger partial charge on any atom is -0.236 e. The molecule has 20 heavy (non-hydrogen) atoms. The highest BCUT2D eigenvalue weighted by molar-refractivity contribution is 7.15. The fourth-order valence-corrected chi connectivity index (χ4v) is 3.14. The van der Waals surface area contributed by atoms with Crippen molar-refractivity contribution in [3.05, 3.63) is 64.5 Å². The third-order valence-electron chi connectivity index (χ3n) is 3.42. The zero-order chi connectivity index (χ0) is 14.1. The molecule has 2 heteroatoms. The topological polar surface area (TPSA) is 12.9 Å². The van der Waals surface area contributed by atoms with Crippen LogP contribution in [0.1, 0.15) is 16.0 Å². The predicted molar refractivity (Wildman–Crippen MR) is 87.2 cm³/mol. The zero-order valence-corrected chi connectivity index (χ0v) is 12.8. The summed E-state index contributed by atoms with van der Waals surface area (Å²) in [6.45, 7) is 6.36. The summed E-state index contributed by atoms with van der Waals surface area (Å²) in [5, 5.41) is 1.10. The van der Waals surface area contributed by atoms with Crippen molar-refractivity contribution in [2.75, 3.05) is 0 Å². The highest BCUT2D eigenvalue weighted by atomic mass is 32.1. The molecule has 0 bridgehead atoms. The van der Waals surface area contributed by atoms with Crippen LogP contribution in [0.5, 0.6) is 0 Å². The number of rotatable bonds is 2. The molecule has 100 valence electrons. The van der Waals surface area contributed by atoms with E-state index in [9.17, 15) is 0 Å². The average molecular weight is 279 g/mol. The van der Waals surface area contributed by atoms with Crippen molar-refractivity contribution in [1.82, 2.24) is 4.98 Å². The van der Waals surface area contributed by atoms with E-state index >= 15 is 0 Å². The Morgan fingerprint density at radius 2 is 1.20 bits per heavy atom. The lowest BCUT2D eigenvalue weighted by molar-refractivity contribution is 1.36. The molecule has 0 aliphatic carbocycles. The number of hydrogen-bond acceptors (Lipinski definition) is 2. The van der Waals surface area contributed by atoms with E-state index in [1.807, 2.05) is 0 Å². The summed E-state index contributed by atoms with van der Waals surface area (Å²) in [7, 11) is 0. The molecule has 0 fully saturated rings. The van der Waals surface area contributed by atoms with Gasteiger partial charge >= 0.3 is 0 Å². The van der Waals surface area contributed by atoms with Gasteiger partial charge in [-0.05, 0) is 20.8 Å². The maximum atomic E-state index is 4.83. The van der Waals surface area contributed by atoms with Crippen LogP contribution in [0, 0.1) is 20.8 Å². The van der Waals surface area contributed by atoms with Crippen molar-refractivity contribution in [3.63, 3.8) is 0 Å². The quantitative estimate of drug-likeness (QED) is 0.612. The standard InChI is InChI=1S/C18H17NS/c1-12-4-8-15(9-5-12)17-14(3)20-18(19-17)16-10-6-13(2)7-11-16/h4-11H,1-3H3. The number of nitrogens with zero attached hydrogens (tertiary/aromatic N) is 1. The molecular formula is C18H17NS. The molecule has 0 saturated heterocycles. The molecule has 0 unspecified atom stereocenters. The summed E-state index contributed by atoms with van der Waals surface area (Å²) in [6.07, 6.45) is 0. The lowest BCUT2D eigenvalue weighted by Gasteiger charge is -1.99. The number of aromatic nitrogens is 1. The first-order valence-corrected chi connectivity index (χ1v) is 7.56. The highest BCUT2D eigenvalue weighted by Gasteiger charge is 2.10. The van der Waals surface area contributed by atoms with Gasteiger partial charge in [-0.2, -0.15) is 0 Å². The summed E-state index contributed by atoms with van der Waals surface area (Å²) in [5.74, 6) is 0. The van der Waals surface area contributed by atoms with E-state index in [0.717, 1.165) is 10.7 Å². The third-order valence-corrected chi connectivity index (χ3v) is 4.44. The molecule has 1 aromatic heterocycles. The Hall–Kier alpha value is -1.93. The van der Waals surface area contributed by atoms with Crippen molar-refractivity contribution >= 4 is 11.3 Å². The monoisotopic (exact) mass is 279 g/mol. The van der Waals surface area contributed by atoms with Gasteiger partial charge < -0.3 is 0 Å². The second-order valence-electron chi connectivity index (χ2n) is 5.16. The SMILES string of the molecule is Cc1ccc(-c2nc(-c3ccc(C)cc3)c(C)s2)cc1. The number of aryl methyl sites for hydroxylation is 3. The summed E-state index contributed by atoms with van der Waals surface area (Å²) in [6, 6.07) is 17.1. The van der Waals surface area contributed by atoms with Crippen LogP contribution in [0.25, 0.3) is 21.8 Å². The van der Waals surface area contributed by atoms with Crippen LogP contribution >= 0.6 is 11.3 Å². The van der Waals surface area contributed by atoms with Crippen molar-refractivity contribution in [2.45, 2.75) is 20.8 Å². The smallest absolute Gasteiger partial charge is 0.124 e. The number of benzene rings is 2. The fraction of sp³-hybridized carbons (Fsp3) is 0.167. The van der Waals surface area contributed by atoms with E-state index in [-0.39, 0.29) is 0 Å². The number of thiazole rings is 1. The molecule has 0 amide bonds. The second-order valence-corrected chi connectivity index (χ2v) is 6.36.